The minimum atomic E-state index is -0.577. The topological polar surface area (TPSA) is 20.2 Å². The summed E-state index contributed by atoms with van der Waals surface area (Å²) in [5.74, 6) is 0. The van der Waals surface area contributed by atoms with Gasteiger partial charge >= 0.3 is 0 Å². The highest BCUT2D eigenvalue weighted by molar-refractivity contribution is 9.10. The molecular weight excluding hydrogens is 300 g/mol. The quantitative estimate of drug-likeness (QED) is 0.859. The molecule has 100 valence electrons. The number of aliphatic hydroxyl groups is 1. The van der Waals surface area contributed by atoms with Crippen LogP contribution in [0.15, 0.2) is 46.9 Å². The zero-order valence-electron chi connectivity index (χ0n) is 11.4. The summed E-state index contributed by atoms with van der Waals surface area (Å²) in [5.41, 5.74) is 4.33. The molecule has 2 heteroatoms. The van der Waals surface area contributed by atoms with Crippen LogP contribution in [0, 0.1) is 6.92 Å². The molecule has 0 radical (unpaired) electrons. The second kappa shape index (κ2) is 6.36. The summed E-state index contributed by atoms with van der Waals surface area (Å²) in [7, 11) is 0. The molecule has 0 aliphatic heterocycles. The van der Waals surface area contributed by atoms with Crippen molar-refractivity contribution in [3.63, 3.8) is 0 Å². The lowest BCUT2D eigenvalue weighted by Gasteiger charge is -2.15. The lowest BCUT2D eigenvalue weighted by Crippen LogP contribution is -2.01. The molecule has 2 rings (SSSR count). The first-order valence-corrected chi connectivity index (χ1v) is 7.44. The van der Waals surface area contributed by atoms with Gasteiger partial charge in [-0.25, -0.2) is 0 Å². The second-order valence-corrected chi connectivity index (χ2v) is 5.78. The van der Waals surface area contributed by atoms with Gasteiger partial charge in [-0.1, -0.05) is 65.7 Å². The zero-order chi connectivity index (χ0) is 13.8. The molecule has 0 heterocycles. The van der Waals surface area contributed by atoms with Gasteiger partial charge in [-0.05, 0) is 41.7 Å². The van der Waals surface area contributed by atoms with Crippen LogP contribution in [0.25, 0.3) is 0 Å². The summed E-state index contributed by atoms with van der Waals surface area (Å²) in [6, 6.07) is 14.3. The van der Waals surface area contributed by atoms with Crippen molar-refractivity contribution in [3.05, 3.63) is 69.2 Å². The summed E-state index contributed by atoms with van der Waals surface area (Å²) in [6.07, 6.45) is 1.59. The lowest BCUT2D eigenvalue weighted by molar-refractivity contribution is 0.219. The van der Waals surface area contributed by atoms with E-state index in [1.165, 1.54) is 11.1 Å². The molecule has 2 aromatic rings. The smallest absolute Gasteiger partial charge is 0.105 e. The van der Waals surface area contributed by atoms with Gasteiger partial charge in [0.1, 0.15) is 6.10 Å². The Kier molecular flexibility index (Phi) is 4.78. The fraction of sp³-hybridized carbons (Fsp3) is 0.294. The van der Waals surface area contributed by atoms with Gasteiger partial charge in [0.05, 0.1) is 0 Å². The van der Waals surface area contributed by atoms with Crippen LogP contribution in [0.5, 0.6) is 0 Å². The first-order chi connectivity index (χ1) is 9.11. The molecular formula is C17H19BrO. The summed E-state index contributed by atoms with van der Waals surface area (Å²) < 4.78 is 0.959. The standard InChI is InChI=1S/C17H19BrO/c1-3-5-13-6-4-7-14(11-13)17(19)15-9-8-12(2)10-16(15)18/h4,6-11,17,19H,3,5H2,1-2H3. The lowest BCUT2D eigenvalue weighted by atomic mass is 9.98. The van der Waals surface area contributed by atoms with E-state index in [0.717, 1.165) is 28.4 Å². The molecule has 0 fully saturated rings. The molecule has 0 aliphatic rings. The molecule has 0 spiro atoms. The zero-order valence-corrected chi connectivity index (χ0v) is 12.9. The SMILES string of the molecule is CCCc1cccc(C(O)c2ccc(C)cc2Br)c1. The molecule has 2 aromatic carbocycles. The van der Waals surface area contributed by atoms with Crippen molar-refractivity contribution in [2.45, 2.75) is 32.8 Å². The fourth-order valence-electron chi connectivity index (χ4n) is 2.24. The maximum Gasteiger partial charge on any atom is 0.105 e. The molecule has 0 aliphatic carbocycles. The molecule has 1 N–H and O–H groups in total. The van der Waals surface area contributed by atoms with Crippen LogP contribution >= 0.6 is 15.9 Å². The van der Waals surface area contributed by atoms with Crippen LogP contribution in [0.1, 0.15) is 41.7 Å². The molecule has 0 saturated heterocycles. The third-order valence-electron chi connectivity index (χ3n) is 3.26. The Hall–Kier alpha value is -1.12. The van der Waals surface area contributed by atoms with Gasteiger partial charge in [0.2, 0.25) is 0 Å². The Labute approximate surface area is 123 Å². The van der Waals surface area contributed by atoms with E-state index in [1.807, 2.05) is 37.3 Å². The predicted molar refractivity (Wildman–Crippen MR) is 83.4 cm³/mol. The number of benzene rings is 2. The van der Waals surface area contributed by atoms with Gasteiger partial charge in [0.15, 0.2) is 0 Å². The number of aryl methyl sites for hydroxylation is 2. The van der Waals surface area contributed by atoms with Crippen molar-refractivity contribution < 1.29 is 5.11 Å². The van der Waals surface area contributed by atoms with E-state index in [0.29, 0.717) is 0 Å². The van der Waals surface area contributed by atoms with Gasteiger partial charge in [-0.2, -0.15) is 0 Å². The van der Waals surface area contributed by atoms with Crippen LogP contribution in [-0.2, 0) is 6.42 Å². The number of rotatable bonds is 4. The third-order valence-corrected chi connectivity index (χ3v) is 3.94. The fourth-order valence-corrected chi connectivity index (χ4v) is 2.95. The molecule has 0 aromatic heterocycles. The third kappa shape index (κ3) is 3.46. The first-order valence-electron chi connectivity index (χ1n) is 6.64. The monoisotopic (exact) mass is 318 g/mol. The molecule has 0 amide bonds. The van der Waals surface area contributed by atoms with Crippen LogP contribution in [-0.4, -0.2) is 5.11 Å². The Bertz CT molecular complexity index is 563. The molecule has 1 nitrogen and oxygen atoms in total. The van der Waals surface area contributed by atoms with Crippen LogP contribution in [0.2, 0.25) is 0 Å². The van der Waals surface area contributed by atoms with Crippen molar-refractivity contribution in [3.8, 4) is 0 Å². The Morgan fingerprint density at radius 3 is 2.63 bits per heavy atom. The van der Waals surface area contributed by atoms with Gasteiger partial charge in [0, 0.05) is 4.47 Å². The Balaban J connectivity index is 2.32. The van der Waals surface area contributed by atoms with Crippen molar-refractivity contribution in [2.24, 2.45) is 0 Å². The Morgan fingerprint density at radius 2 is 1.95 bits per heavy atom. The molecule has 19 heavy (non-hydrogen) atoms. The predicted octanol–water partition coefficient (Wildman–Crippen LogP) is 4.79. The van der Waals surface area contributed by atoms with Gasteiger partial charge in [0.25, 0.3) is 0 Å². The highest BCUT2D eigenvalue weighted by atomic mass is 79.9. The summed E-state index contributed by atoms with van der Waals surface area (Å²) >= 11 is 3.53. The van der Waals surface area contributed by atoms with Gasteiger partial charge in [-0.3, -0.25) is 0 Å². The van der Waals surface area contributed by atoms with Crippen LogP contribution in [0.4, 0.5) is 0 Å². The summed E-state index contributed by atoms with van der Waals surface area (Å²) in [4.78, 5) is 0. The van der Waals surface area contributed by atoms with Crippen LogP contribution < -0.4 is 0 Å². The highest BCUT2D eigenvalue weighted by Gasteiger charge is 2.13. The van der Waals surface area contributed by atoms with E-state index in [9.17, 15) is 5.11 Å². The molecule has 1 unspecified atom stereocenters. The van der Waals surface area contributed by atoms with Crippen molar-refractivity contribution in [1.29, 1.82) is 0 Å². The van der Waals surface area contributed by atoms with Crippen molar-refractivity contribution >= 4 is 15.9 Å². The number of aliphatic hydroxyl groups excluding tert-OH is 1. The van der Waals surface area contributed by atoms with E-state index >= 15 is 0 Å². The number of hydrogen-bond donors (Lipinski definition) is 1. The first kappa shape index (κ1) is 14.3. The average molecular weight is 319 g/mol. The minimum absolute atomic E-state index is 0.577. The molecule has 0 bridgehead atoms. The maximum atomic E-state index is 10.5. The summed E-state index contributed by atoms with van der Waals surface area (Å²) in [5, 5.41) is 10.5. The van der Waals surface area contributed by atoms with E-state index in [-0.39, 0.29) is 0 Å². The van der Waals surface area contributed by atoms with Crippen molar-refractivity contribution in [1.82, 2.24) is 0 Å². The van der Waals surface area contributed by atoms with E-state index < -0.39 is 6.10 Å². The highest BCUT2D eigenvalue weighted by Crippen LogP contribution is 2.29. The normalized spacial score (nSPS) is 12.4. The average Bonchev–Trinajstić information content (AvgIpc) is 2.39. The van der Waals surface area contributed by atoms with E-state index in [2.05, 4.69) is 35.0 Å². The van der Waals surface area contributed by atoms with Gasteiger partial charge < -0.3 is 5.11 Å². The molecule has 1 atom stereocenters. The maximum absolute atomic E-state index is 10.5. The number of halogens is 1. The molecule has 0 saturated carbocycles. The van der Waals surface area contributed by atoms with E-state index in [4.69, 9.17) is 0 Å². The Morgan fingerprint density at radius 1 is 1.16 bits per heavy atom. The number of hydrogen-bond acceptors (Lipinski definition) is 1. The second-order valence-electron chi connectivity index (χ2n) is 4.92. The van der Waals surface area contributed by atoms with Gasteiger partial charge in [-0.15, -0.1) is 0 Å². The largest absolute Gasteiger partial charge is 0.384 e. The minimum Gasteiger partial charge on any atom is -0.384 e. The summed E-state index contributed by atoms with van der Waals surface area (Å²) in [6.45, 7) is 4.21. The van der Waals surface area contributed by atoms with Crippen LogP contribution in [0.3, 0.4) is 0 Å². The van der Waals surface area contributed by atoms with Crippen molar-refractivity contribution in [2.75, 3.05) is 0 Å². The van der Waals surface area contributed by atoms with E-state index in [1.54, 1.807) is 0 Å².